The minimum atomic E-state index is -4.95. The number of rotatable bonds is 71. The molecular formula is C71H138O17P2. The van der Waals surface area contributed by atoms with E-state index in [1.54, 1.807) is 0 Å². The Labute approximate surface area is 549 Å². The van der Waals surface area contributed by atoms with Gasteiger partial charge in [-0.25, -0.2) is 9.13 Å². The zero-order valence-corrected chi connectivity index (χ0v) is 60.1. The second-order valence-corrected chi connectivity index (χ2v) is 29.0. The van der Waals surface area contributed by atoms with Crippen molar-refractivity contribution in [3.05, 3.63) is 0 Å². The lowest BCUT2D eigenvalue weighted by Crippen LogP contribution is -2.30. The molecule has 0 fully saturated rings. The SMILES string of the molecule is CCCCCCCCCCCCCCCCCCCCCC(=O)O[C@H](COC(=O)CCCCCCCCCCCCCCC)COP(=O)(O)OC[C@@H](O)COP(=O)(O)OC[C@@H](COC(=O)CCCCCCCCC)OC(=O)CCCCCCCCCCC(C)C. The first-order valence-electron chi connectivity index (χ1n) is 37.1. The highest BCUT2D eigenvalue weighted by molar-refractivity contribution is 7.47. The van der Waals surface area contributed by atoms with E-state index in [-0.39, 0.29) is 25.7 Å². The summed E-state index contributed by atoms with van der Waals surface area (Å²) in [6, 6.07) is 0. The molecule has 0 aromatic heterocycles. The van der Waals surface area contributed by atoms with Gasteiger partial charge in [-0.1, -0.05) is 317 Å². The number of carbonyl (C=O) groups excluding carboxylic acids is 4. The maximum Gasteiger partial charge on any atom is 0.472 e. The fraction of sp³-hybridized carbons (Fsp3) is 0.944. The standard InChI is InChI=1S/C71H138O17P2/c1-6-9-12-15-18-20-22-24-25-26-27-28-29-31-33-35-41-46-51-56-70(75)87-67(61-82-69(74)55-50-45-40-34-32-30-23-21-19-16-13-10-7-2)63-86-90(79,80)84-59-65(72)58-83-89(77,78)85-62-66(60-81-68(73)54-49-44-38-17-14-11-8-3)88-71(76)57-52-47-42-37-36-39-43-48-53-64(4)5/h64-67,72H,6-63H2,1-5H3,(H,77,78)(H,79,80)/t65-,66+,67+/m0/s1. The highest BCUT2D eigenvalue weighted by atomic mass is 31.2. The normalized spacial score (nSPS) is 14.1. The van der Waals surface area contributed by atoms with Crippen molar-refractivity contribution in [2.75, 3.05) is 39.6 Å². The summed E-state index contributed by atoms with van der Waals surface area (Å²) in [5.74, 6) is -1.41. The predicted molar refractivity (Wildman–Crippen MR) is 363 cm³/mol. The Balaban J connectivity index is 5.18. The topological polar surface area (TPSA) is 237 Å². The highest BCUT2D eigenvalue weighted by Gasteiger charge is 2.30. The van der Waals surface area contributed by atoms with Crippen molar-refractivity contribution in [1.29, 1.82) is 0 Å². The van der Waals surface area contributed by atoms with Gasteiger partial charge >= 0.3 is 39.5 Å². The number of phosphoric ester groups is 2. The molecule has 0 bridgehead atoms. The number of ether oxygens (including phenoxy) is 4. The van der Waals surface area contributed by atoms with E-state index in [1.807, 2.05) is 0 Å². The first-order valence-corrected chi connectivity index (χ1v) is 40.1. The van der Waals surface area contributed by atoms with Gasteiger partial charge in [0.05, 0.1) is 26.4 Å². The summed E-state index contributed by atoms with van der Waals surface area (Å²) in [5, 5.41) is 10.6. The van der Waals surface area contributed by atoms with Crippen LogP contribution in [0.25, 0.3) is 0 Å². The van der Waals surface area contributed by atoms with Crippen LogP contribution in [0.3, 0.4) is 0 Å². The van der Waals surface area contributed by atoms with E-state index in [0.29, 0.717) is 25.7 Å². The molecule has 0 saturated carbocycles. The average molecular weight is 1330 g/mol. The van der Waals surface area contributed by atoms with Gasteiger partial charge in [0.15, 0.2) is 12.2 Å². The molecule has 0 aliphatic heterocycles. The third kappa shape index (κ3) is 64.8. The number of phosphoric acid groups is 2. The van der Waals surface area contributed by atoms with Crippen LogP contribution < -0.4 is 0 Å². The number of hydrogen-bond acceptors (Lipinski definition) is 15. The minimum Gasteiger partial charge on any atom is -0.462 e. The Hall–Kier alpha value is -1.94. The molecule has 0 saturated heterocycles. The summed E-state index contributed by atoms with van der Waals surface area (Å²) >= 11 is 0. The van der Waals surface area contributed by atoms with Crippen LogP contribution in [-0.2, 0) is 65.4 Å². The first kappa shape index (κ1) is 88.1. The van der Waals surface area contributed by atoms with Gasteiger partial charge < -0.3 is 33.8 Å². The quantitative estimate of drug-likeness (QED) is 0.0222. The Morgan fingerprint density at radius 2 is 0.511 bits per heavy atom. The third-order valence-corrected chi connectivity index (χ3v) is 18.4. The van der Waals surface area contributed by atoms with Crippen LogP contribution in [0.15, 0.2) is 0 Å². The molecule has 0 aliphatic rings. The minimum absolute atomic E-state index is 0.104. The van der Waals surface area contributed by atoms with Crippen LogP contribution in [0.1, 0.15) is 369 Å². The van der Waals surface area contributed by atoms with E-state index >= 15 is 0 Å². The maximum absolute atomic E-state index is 13.0. The second-order valence-electron chi connectivity index (χ2n) is 26.1. The van der Waals surface area contributed by atoms with Crippen LogP contribution in [0.4, 0.5) is 0 Å². The molecule has 3 N–H and O–H groups in total. The zero-order chi connectivity index (χ0) is 66.3. The number of carbonyl (C=O) groups is 4. The number of esters is 4. The number of unbranched alkanes of at least 4 members (excludes halogenated alkanes) is 43. The number of aliphatic hydroxyl groups is 1. The molecule has 90 heavy (non-hydrogen) atoms. The molecule has 0 rings (SSSR count). The lowest BCUT2D eigenvalue weighted by Gasteiger charge is -2.21. The smallest absolute Gasteiger partial charge is 0.462 e. The maximum atomic E-state index is 13.0. The van der Waals surface area contributed by atoms with E-state index in [1.165, 1.54) is 180 Å². The van der Waals surface area contributed by atoms with Crippen molar-refractivity contribution in [1.82, 2.24) is 0 Å². The van der Waals surface area contributed by atoms with Crippen LogP contribution in [0.5, 0.6) is 0 Å². The summed E-state index contributed by atoms with van der Waals surface area (Å²) in [6.45, 7) is 7.17. The summed E-state index contributed by atoms with van der Waals surface area (Å²) in [6.07, 6.45) is 51.6. The molecule has 0 amide bonds. The van der Waals surface area contributed by atoms with E-state index < -0.39 is 97.5 Å². The first-order chi connectivity index (χ1) is 43.5. The fourth-order valence-electron chi connectivity index (χ4n) is 10.8. The van der Waals surface area contributed by atoms with Gasteiger partial charge in [-0.05, 0) is 31.6 Å². The van der Waals surface area contributed by atoms with Gasteiger partial charge in [0.25, 0.3) is 0 Å². The summed E-state index contributed by atoms with van der Waals surface area (Å²) < 4.78 is 68.2. The van der Waals surface area contributed by atoms with Crippen LogP contribution in [0.2, 0.25) is 0 Å². The molecule has 5 atom stereocenters. The van der Waals surface area contributed by atoms with E-state index in [4.69, 9.17) is 37.0 Å². The average Bonchev–Trinajstić information content (AvgIpc) is 3.60. The third-order valence-electron chi connectivity index (χ3n) is 16.5. The monoisotopic (exact) mass is 1320 g/mol. The molecule has 0 aromatic carbocycles. The summed E-state index contributed by atoms with van der Waals surface area (Å²) in [4.78, 5) is 72.4. The van der Waals surface area contributed by atoms with Crippen molar-refractivity contribution in [2.24, 2.45) is 5.92 Å². The molecule has 2 unspecified atom stereocenters. The number of aliphatic hydroxyl groups excluding tert-OH is 1. The largest absolute Gasteiger partial charge is 0.472 e. The van der Waals surface area contributed by atoms with Crippen LogP contribution in [0, 0.1) is 5.92 Å². The van der Waals surface area contributed by atoms with Gasteiger partial charge in [-0.2, -0.15) is 0 Å². The van der Waals surface area contributed by atoms with Crippen molar-refractivity contribution in [2.45, 2.75) is 387 Å². The lowest BCUT2D eigenvalue weighted by atomic mass is 10.0. The van der Waals surface area contributed by atoms with Gasteiger partial charge in [0, 0.05) is 25.7 Å². The molecule has 534 valence electrons. The summed E-state index contributed by atoms with van der Waals surface area (Å²) in [7, 11) is -9.89. The molecule has 0 aliphatic carbocycles. The molecular weight excluding hydrogens is 1190 g/mol. The molecule has 0 radical (unpaired) electrons. The van der Waals surface area contributed by atoms with Crippen LogP contribution >= 0.6 is 15.6 Å². The molecule has 19 heteroatoms. The zero-order valence-electron chi connectivity index (χ0n) is 58.3. The van der Waals surface area contributed by atoms with Crippen LogP contribution in [-0.4, -0.2) is 96.7 Å². The molecule has 17 nitrogen and oxygen atoms in total. The van der Waals surface area contributed by atoms with Gasteiger partial charge in [0.2, 0.25) is 0 Å². The number of hydrogen-bond donors (Lipinski definition) is 3. The van der Waals surface area contributed by atoms with Gasteiger partial charge in [-0.15, -0.1) is 0 Å². The van der Waals surface area contributed by atoms with Crippen molar-refractivity contribution < 1.29 is 80.2 Å². The highest BCUT2D eigenvalue weighted by Crippen LogP contribution is 2.45. The lowest BCUT2D eigenvalue weighted by molar-refractivity contribution is -0.161. The van der Waals surface area contributed by atoms with E-state index in [0.717, 1.165) is 109 Å². The Morgan fingerprint density at radius 3 is 0.756 bits per heavy atom. The Kier molecular flexibility index (Phi) is 63.0. The Morgan fingerprint density at radius 1 is 0.300 bits per heavy atom. The summed E-state index contributed by atoms with van der Waals surface area (Å²) in [5.41, 5.74) is 0. The fourth-order valence-corrected chi connectivity index (χ4v) is 12.4. The molecule has 0 heterocycles. The van der Waals surface area contributed by atoms with Gasteiger partial charge in [0.1, 0.15) is 19.3 Å². The molecule has 0 aromatic rings. The van der Waals surface area contributed by atoms with Gasteiger partial charge in [-0.3, -0.25) is 37.3 Å². The van der Waals surface area contributed by atoms with Crippen molar-refractivity contribution in [3.63, 3.8) is 0 Å². The predicted octanol–water partition coefficient (Wildman–Crippen LogP) is 20.5. The van der Waals surface area contributed by atoms with E-state index in [2.05, 4.69) is 34.6 Å². The van der Waals surface area contributed by atoms with E-state index in [9.17, 15) is 43.2 Å². The van der Waals surface area contributed by atoms with Crippen molar-refractivity contribution >= 4 is 39.5 Å². The second kappa shape index (κ2) is 64.4. The van der Waals surface area contributed by atoms with Crippen molar-refractivity contribution in [3.8, 4) is 0 Å². The molecule has 0 spiro atoms. The Bertz CT molecular complexity index is 1740.